The summed E-state index contributed by atoms with van der Waals surface area (Å²) in [4.78, 5) is 24.6. The molecule has 0 aromatic heterocycles. The Morgan fingerprint density at radius 1 is 1.35 bits per heavy atom. The van der Waals surface area contributed by atoms with Crippen LogP contribution in [-0.2, 0) is 4.79 Å². The van der Waals surface area contributed by atoms with Crippen LogP contribution in [0, 0.1) is 16.0 Å². The number of piperidine rings is 1. The predicted octanol–water partition coefficient (Wildman–Crippen LogP) is 1.85. The predicted molar refractivity (Wildman–Crippen MR) is 89.4 cm³/mol. The first-order valence-electron chi connectivity index (χ1n) is 8.01. The molecule has 1 aliphatic heterocycles. The molecule has 0 bridgehead atoms. The molecule has 2 rings (SSSR count). The summed E-state index contributed by atoms with van der Waals surface area (Å²) >= 11 is 0. The van der Waals surface area contributed by atoms with Crippen LogP contribution in [0.5, 0.6) is 0 Å². The summed E-state index contributed by atoms with van der Waals surface area (Å²) in [6.07, 6.45) is 2.41. The third-order valence-corrected chi connectivity index (χ3v) is 4.22. The number of carbonyl (C=O) groups is 1. The van der Waals surface area contributed by atoms with E-state index in [4.69, 9.17) is 0 Å². The van der Waals surface area contributed by atoms with Crippen LogP contribution in [0.15, 0.2) is 24.3 Å². The van der Waals surface area contributed by atoms with E-state index in [1.54, 1.807) is 18.2 Å². The van der Waals surface area contributed by atoms with Gasteiger partial charge in [0.2, 0.25) is 5.91 Å². The van der Waals surface area contributed by atoms with Crippen molar-refractivity contribution in [2.45, 2.75) is 19.3 Å². The van der Waals surface area contributed by atoms with E-state index in [0.29, 0.717) is 24.6 Å². The second-order valence-corrected chi connectivity index (χ2v) is 5.83. The van der Waals surface area contributed by atoms with Gasteiger partial charge in [0.15, 0.2) is 0 Å². The van der Waals surface area contributed by atoms with E-state index in [-0.39, 0.29) is 11.6 Å². The van der Waals surface area contributed by atoms with Crippen LogP contribution in [0.4, 0.5) is 11.4 Å². The fourth-order valence-electron chi connectivity index (χ4n) is 2.92. The van der Waals surface area contributed by atoms with E-state index in [1.165, 1.54) is 6.07 Å². The van der Waals surface area contributed by atoms with Gasteiger partial charge in [0, 0.05) is 32.1 Å². The first-order chi connectivity index (χ1) is 11.1. The number of nitrogens with zero attached hydrogens (tertiary/aromatic N) is 2. The summed E-state index contributed by atoms with van der Waals surface area (Å²) in [6.45, 7) is 3.01. The minimum Gasteiger partial charge on any atom is -0.379 e. The van der Waals surface area contributed by atoms with Crippen molar-refractivity contribution in [1.29, 1.82) is 0 Å². The summed E-state index contributed by atoms with van der Waals surface area (Å²) < 4.78 is 0. The smallest absolute Gasteiger partial charge is 0.292 e. The fraction of sp³-hybridized carbons (Fsp3) is 0.562. The fourth-order valence-corrected chi connectivity index (χ4v) is 2.92. The molecule has 0 radical (unpaired) electrons. The third kappa shape index (κ3) is 4.92. The lowest BCUT2D eigenvalue weighted by atomic mass is 9.96. The van der Waals surface area contributed by atoms with Gasteiger partial charge in [0.05, 0.1) is 4.92 Å². The summed E-state index contributed by atoms with van der Waals surface area (Å²) in [5.41, 5.74) is 0.492. The van der Waals surface area contributed by atoms with Gasteiger partial charge in [-0.2, -0.15) is 0 Å². The zero-order valence-electron chi connectivity index (χ0n) is 13.5. The molecular formula is C16H24N4O3. The highest BCUT2D eigenvalue weighted by Gasteiger charge is 2.22. The van der Waals surface area contributed by atoms with Crippen LogP contribution >= 0.6 is 0 Å². The van der Waals surface area contributed by atoms with Gasteiger partial charge >= 0.3 is 0 Å². The number of nitro benzene ring substituents is 1. The Morgan fingerprint density at radius 2 is 2.04 bits per heavy atom. The molecule has 126 valence electrons. The molecule has 0 aliphatic carbocycles. The molecule has 0 unspecified atom stereocenters. The van der Waals surface area contributed by atoms with Crippen LogP contribution in [0.2, 0.25) is 0 Å². The summed E-state index contributed by atoms with van der Waals surface area (Å²) in [5, 5.41) is 17.1. The number of benzene rings is 1. The molecule has 23 heavy (non-hydrogen) atoms. The molecule has 0 atom stereocenters. The Kier molecular flexibility index (Phi) is 6.34. The molecule has 1 amide bonds. The molecule has 1 aliphatic rings. The highest BCUT2D eigenvalue weighted by atomic mass is 16.6. The minimum absolute atomic E-state index is 0.0350. The van der Waals surface area contributed by atoms with Crippen molar-refractivity contribution < 1.29 is 9.72 Å². The van der Waals surface area contributed by atoms with Crippen molar-refractivity contribution in [1.82, 2.24) is 10.2 Å². The zero-order chi connectivity index (χ0) is 16.7. The lowest BCUT2D eigenvalue weighted by Crippen LogP contribution is -2.40. The highest BCUT2D eigenvalue weighted by molar-refractivity contribution is 5.77. The molecule has 7 heteroatoms. The van der Waals surface area contributed by atoms with Crippen LogP contribution < -0.4 is 10.6 Å². The number of rotatable bonds is 7. The maximum absolute atomic E-state index is 12.2. The quantitative estimate of drug-likeness (QED) is 0.591. The zero-order valence-corrected chi connectivity index (χ0v) is 13.5. The topological polar surface area (TPSA) is 87.5 Å². The SMILES string of the molecule is CNCC1CCN(C(=O)CCNc2ccccc2[N+](=O)[O-])CC1. The van der Waals surface area contributed by atoms with E-state index < -0.39 is 4.92 Å². The number of likely N-dealkylation sites (tertiary alicyclic amines) is 1. The highest BCUT2D eigenvalue weighted by Crippen LogP contribution is 2.23. The molecule has 1 saturated heterocycles. The van der Waals surface area contributed by atoms with Gasteiger partial charge in [0.25, 0.3) is 5.69 Å². The molecule has 1 aromatic rings. The third-order valence-electron chi connectivity index (χ3n) is 4.22. The van der Waals surface area contributed by atoms with Gasteiger partial charge in [-0.3, -0.25) is 14.9 Å². The average Bonchev–Trinajstić information content (AvgIpc) is 2.56. The van der Waals surface area contributed by atoms with Gasteiger partial charge in [-0.15, -0.1) is 0 Å². The van der Waals surface area contributed by atoms with Crippen LogP contribution in [0.1, 0.15) is 19.3 Å². The van der Waals surface area contributed by atoms with E-state index in [1.807, 2.05) is 11.9 Å². The molecule has 7 nitrogen and oxygen atoms in total. The van der Waals surface area contributed by atoms with Gasteiger partial charge in [-0.05, 0) is 38.4 Å². The molecule has 0 spiro atoms. The summed E-state index contributed by atoms with van der Waals surface area (Å²) in [5.74, 6) is 0.758. The summed E-state index contributed by atoms with van der Waals surface area (Å²) in [6, 6.07) is 6.48. The molecule has 1 fully saturated rings. The van der Waals surface area contributed by atoms with E-state index in [0.717, 1.165) is 32.5 Å². The number of hydrogen-bond acceptors (Lipinski definition) is 5. The number of amides is 1. The van der Waals surface area contributed by atoms with Gasteiger partial charge in [-0.25, -0.2) is 0 Å². The van der Waals surface area contributed by atoms with Crippen molar-refractivity contribution >= 4 is 17.3 Å². The second kappa shape index (κ2) is 8.47. The maximum atomic E-state index is 12.2. The van der Waals surface area contributed by atoms with E-state index in [2.05, 4.69) is 10.6 Å². The molecule has 1 heterocycles. The monoisotopic (exact) mass is 320 g/mol. The Balaban J connectivity index is 1.77. The van der Waals surface area contributed by atoms with Crippen molar-refractivity contribution in [3.05, 3.63) is 34.4 Å². The minimum atomic E-state index is -0.420. The first kappa shape index (κ1) is 17.2. The number of para-hydroxylation sites is 2. The molecule has 2 N–H and O–H groups in total. The Morgan fingerprint density at radius 3 is 2.70 bits per heavy atom. The Hall–Kier alpha value is -2.15. The number of carbonyl (C=O) groups excluding carboxylic acids is 1. The lowest BCUT2D eigenvalue weighted by Gasteiger charge is -2.32. The molecular weight excluding hydrogens is 296 g/mol. The molecule has 0 saturated carbocycles. The van der Waals surface area contributed by atoms with Crippen molar-refractivity contribution in [2.24, 2.45) is 5.92 Å². The number of hydrogen-bond donors (Lipinski definition) is 2. The lowest BCUT2D eigenvalue weighted by molar-refractivity contribution is -0.384. The Bertz CT molecular complexity index is 542. The second-order valence-electron chi connectivity index (χ2n) is 5.83. The van der Waals surface area contributed by atoms with Crippen LogP contribution in [0.3, 0.4) is 0 Å². The van der Waals surface area contributed by atoms with Gasteiger partial charge in [0.1, 0.15) is 5.69 Å². The van der Waals surface area contributed by atoms with E-state index >= 15 is 0 Å². The maximum Gasteiger partial charge on any atom is 0.292 e. The standard InChI is InChI=1S/C16H24N4O3/c1-17-12-13-7-10-19(11-8-13)16(21)6-9-18-14-4-2-3-5-15(14)20(22)23/h2-5,13,17-18H,6-12H2,1H3. The first-order valence-corrected chi connectivity index (χ1v) is 8.01. The average molecular weight is 320 g/mol. The number of nitrogens with one attached hydrogen (secondary N) is 2. The van der Waals surface area contributed by atoms with Crippen molar-refractivity contribution in [3.8, 4) is 0 Å². The van der Waals surface area contributed by atoms with Crippen LogP contribution in [0.25, 0.3) is 0 Å². The Labute approximate surface area is 136 Å². The van der Waals surface area contributed by atoms with Crippen LogP contribution in [-0.4, -0.2) is 49.0 Å². The summed E-state index contributed by atoms with van der Waals surface area (Å²) in [7, 11) is 1.95. The molecule has 1 aromatic carbocycles. The van der Waals surface area contributed by atoms with Crippen molar-refractivity contribution in [2.75, 3.05) is 38.5 Å². The van der Waals surface area contributed by atoms with Gasteiger partial charge in [-0.1, -0.05) is 12.1 Å². The largest absolute Gasteiger partial charge is 0.379 e. The van der Waals surface area contributed by atoms with Gasteiger partial charge < -0.3 is 15.5 Å². The van der Waals surface area contributed by atoms with E-state index in [9.17, 15) is 14.9 Å². The van der Waals surface area contributed by atoms with Crippen molar-refractivity contribution in [3.63, 3.8) is 0 Å². The number of nitro groups is 1. The normalized spacial score (nSPS) is 15.4. The number of anilines is 1.